The maximum absolute atomic E-state index is 5.81. The van der Waals surface area contributed by atoms with E-state index in [0.717, 1.165) is 64.2 Å². The Morgan fingerprint density at radius 1 is 0.587 bits per heavy atom. The van der Waals surface area contributed by atoms with E-state index in [-0.39, 0.29) is 0 Å². The van der Waals surface area contributed by atoms with Crippen molar-refractivity contribution in [2.45, 2.75) is 0 Å². The Labute approximate surface area is 271 Å². The number of nitrogens with zero attached hydrogens (tertiary/aromatic N) is 2. The van der Waals surface area contributed by atoms with E-state index in [2.05, 4.69) is 52.4 Å². The molecule has 0 radical (unpaired) electrons. The fourth-order valence-electron chi connectivity index (χ4n) is 4.89. The zero-order valence-electron chi connectivity index (χ0n) is 26.7. The van der Waals surface area contributed by atoms with Gasteiger partial charge in [-0.3, -0.25) is 0 Å². The molecule has 1 aliphatic heterocycles. The van der Waals surface area contributed by atoms with Crippen molar-refractivity contribution in [2.75, 3.05) is 85.1 Å². The van der Waals surface area contributed by atoms with Crippen molar-refractivity contribution in [3.8, 4) is 22.9 Å². The van der Waals surface area contributed by atoms with E-state index in [1.54, 1.807) is 14.2 Å². The first-order valence-corrected chi connectivity index (χ1v) is 15.6. The maximum Gasteiger partial charge on any atom is 0.138 e. The molecule has 0 saturated carbocycles. The van der Waals surface area contributed by atoms with E-state index in [1.807, 2.05) is 54.6 Å². The number of benzene rings is 3. The molecule has 9 nitrogen and oxygen atoms in total. The summed E-state index contributed by atoms with van der Waals surface area (Å²) in [5.41, 5.74) is 5.96. The third-order valence-electron chi connectivity index (χ3n) is 7.50. The Balaban J connectivity index is 1.34. The minimum Gasteiger partial charge on any atom is -0.497 e. The van der Waals surface area contributed by atoms with E-state index in [1.165, 1.54) is 0 Å². The van der Waals surface area contributed by atoms with E-state index in [9.17, 15) is 0 Å². The van der Waals surface area contributed by atoms with Crippen LogP contribution in [-0.2, 0) is 18.9 Å². The normalized spacial score (nSPS) is 15.9. The van der Waals surface area contributed by atoms with Gasteiger partial charge in [-0.25, -0.2) is 4.98 Å². The van der Waals surface area contributed by atoms with Crippen LogP contribution >= 0.6 is 0 Å². The molecule has 4 aromatic rings. The van der Waals surface area contributed by atoms with Crippen molar-refractivity contribution in [3.05, 3.63) is 95.3 Å². The number of methoxy groups -OCH3 is 2. The molecule has 5 rings (SSSR count). The molecule has 0 unspecified atom stereocenters. The van der Waals surface area contributed by atoms with Gasteiger partial charge in [-0.1, -0.05) is 36.4 Å². The SMILES string of the molecule is COc1ccc(/C=C/c2nc(-c3ccc(N4CCOCCOCCOCCOCC4)cc3)[nH]c2/C=C/c2ccc(OC)cc2)cc1. The largest absolute Gasteiger partial charge is 0.497 e. The lowest BCUT2D eigenvalue weighted by Crippen LogP contribution is -2.31. The minimum atomic E-state index is 0.562. The van der Waals surface area contributed by atoms with Gasteiger partial charge in [0, 0.05) is 24.3 Å². The summed E-state index contributed by atoms with van der Waals surface area (Å²) in [6.07, 6.45) is 8.20. The molecule has 0 aliphatic carbocycles. The molecule has 2 heterocycles. The van der Waals surface area contributed by atoms with E-state index in [0.29, 0.717) is 52.9 Å². The minimum absolute atomic E-state index is 0.562. The molecule has 1 saturated heterocycles. The van der Waals surface area contributed by atoms with Crippen LogP contribution in [0, 0.1) is 0 Å². The third-order valence-corrected chi connectivity index (χ3v) is 7.50. The number of nitrogens with one attached hydrogen (secondary N) is 1. The molecule has 1 fully saturated rings. The molecule has 0 atom stereocenters. The summed E-state index contributed by atoms with van der Waals surface area (Å²) >= 11 is 0. The topological polar surface area (TPSA) is 87.3 Å². The number of hydrogen-bond donors (Lipinski definition) is 1. The fraction of sp³-hybridized carbons (Fsp3) is 0.324. The zero-order chi connectivity index (χ0) is 31.8. The second kappa shape index (κ2) is 17.9. The van der Waals surface area contributed by atoms with E-state index >= 15 is 0 Å². The Hall–Kier alpha value is -4.41. The van der Waals surface area contributed by atoms with Crippen LogP contribution in [0.15, 0.2) is 72.8 Å². The molecular formula is C37H43N3O6. The second-order valence-corrected chi connectivity index (χ2v) is 10.6. The predicted molar refractivity (Wildman–Crippen MR) is 183 cm³/mol. The van der Waals surface area contributed by atoms with Gasteiger partial charge in [0.1, 0.15) is 17.3 Å². The number of imidazole rings is 1. The molecule has 242 valence electrons. The van der Waals surface area contributed by atoms with Gasteiger partial charge in [-0.2, -0.15) is 0 Å². The maximum atomic E-state index is 5.81. The predicted octanol–water partition coefficient (Wildman–Crippen LogP) is 6.32. The third kappa shape index (κ3) is 10.1. The molecule has 9 heteroatoms. The lowest BCUT2D eigenvalue weighted by atomic mass is 10.1. The zero-order valence-corrected chi connectivity index (χ0v) is 26.7. The lowest BCUT2D eigenvalue weighted by molar-refractivity contribution is 0.00206. The number of H-pyrrole nitrogens is 1. The van der Waals surface area contributed by atoms with Gasteiger partial charge in [-0.15, -0.1) is 0 Å². The lowest BCUT2D eigenvalue weighted by Gasteiger charge is -2.25. The Bertz CT molecular complexity index is 1420. The number of anilines is 1. The van der Waals surface area contributed by atoms with Crippen LogP contribution in [0.3, 0.4) is 0 Å². The Kier molecular flexibility index (Phi) is 12.8. The van der Waals surface area contributed by atoms with Gasteiger partial charge in [0.2, 0.25) is 0 Å². The number of aromatic nitrogens is 2. The van der Waals surface area contributed by atoms with E-state index < -0.39 is 0 Å². The molecular weight excluding hydrogens is 582 g/mol. The second-order valence-electron chi connectivity index (χ2n) is 10.6. The quantitative estimate of drug-likeness (QED) is 0.244. The summed E-state index contributed by atoms with van der Waals surface area (Å²) < 4.78 is 33.3. The van der Waals surface area contributed by atoms with Crippen LogP contribution < -0.4 is 14.4 Å². The van der Waals surface area contributed by atoms with Crippen LogP contribution in [0.25, 0.3) is 35.7 Å². The smallest absolute Gasteiger partial charge is 0.138 e. The van der Waals surface area contributed by atoms with Gasteiger partial charge < -0.3 is 38.3 Å². The summed E-state index contributed by atoms with van der Waals surface area (Å²) in [6.45, 7) is 6.09. The highest BCUT2D eigenvalue weighted by atomic mass is 16.6. The standard InChI is InChI=1S/C37H43N3O6/c1-41-33-13-3-29(4-14-33)7-17-35-36(18-8-30-5-15-34(42-2)16-6-30)39-37(38-35)31-9-11-32(12-10-31)40-19-21-43-23-25-45-27-28-46-26-24-44-22-20-40/h3-18H,19-28H2,1-2H3,(H,38,39)/b17-7+,18-8+. The van der Waals surface area contributed by atoms with Gasteiger partial charge in [0.15, 0.2) is 0 Å². The molecule has 46 heavy (non-hydrogen) atoms. The van der Waals surface area contributed by atoms with Crippen LogP contribution in [-0.4, -0.2) is 90.1 Å². The van der Waals surface area contributed by atoms with Crippen molar-refractivity contribution in [1.82, 2.24) is 9.97 Å². The summed E-state index contributed by atoms with van der Waals surface area (Å²) in [6, 6.07) is 24.3. The highest BCUT2D eigenvalue weighted by Crippen LogP contribution is 2.25. The van der Waals surface area contributed by atoms with E-state index in [4.69, 9.17) is 33.4 Å². The van der Waals surface area contributed by atoms with Crippen LogP contribution in [0.4, 0.5) is 5.69 Å². The van der Waals surface area contributed by atoms with Gasteiger partial charge in [0.25, 0.3) is 0 Å². The average Bonchev–Trinajstić information content (AvgIpc) is 3.51. The number of ether oxygens (including phenoxy) is 6. The number of aromatic amines is 1. The molecule has 1 aromatic heterocycles. The van der Waals surface area contributed by atoms with Crippen molar-refractivity contribution < 1.29 is 28.4 Å². The molecule has 3 aromatic carbocycles. The Morgan fingerprint density at radius 3 is 1.57 bits per heavy atom. The highest BCUT2D eigenvalue weighted by Gasteiger charge is 2.11. The monoisotopic (exact) mass is 625 g/mol. The highest BCUT2D eigenvalue weighted by molar-refractivity contribution is 5.78. The van der Waals surface area contributed by atoms with Crippen molar-refractivity contribution in [2.24, 2.45) is 0 Å². The summed E-state index contributed by atoms with van der Waals surface area (Å²) in [5, 5.41) is 0. The number of hydrogen-bond acceptors (Lipinski definition) is 8. The molecule has 0 bridgehead atoms. The fourth-order valence-corrected chi connectivity index (χ4v) is 4.89. The summed E-state index contributed by atoms with van der Waals surface area (Å²) in [4.78, 5) is 10.8. The number of rotatable bonds is 8. The molecule has 1 N–H and O–H groups in total. The summed E-state index contributed by atoms with van der Waals surface area (Å²) in [5.74, 6) is 2.44. The van der Waals surface area contributed by atoms with Gasteiger partial charge >= 0.3 is 0 Å². The van der Waals surface area contributed by atoms with Crippen molar-refractivity contribution in [3.63, 3.8) is 0 Å². The van der Waals surface area contributed by atoms with Crippen molar-refractivity contribution >= 4 is 30.0 Å². The first-order chi connectivity index (χ1) is 22.7. The Morgan fingerprint density at radius 2 is 1.07 bits per heavy atom. The van der Waals surface area contributed by atoms with Crippen LogP contribution in [0.5, 0.6) is 11.5 Å². The molecule has 0 spiro atoms. The van der Waals surface area contributed by atoms with Gasteiger partial charge in [0.05, 0.1) is 78.5 Å². The van der Waals surface area contributed by atoms with Crippen molar-refractivity contribution in [1.29, 1.82) is 0 Å². The van der Waals surface area contributed by atoms with Crippen LogP contribution in [0.1, 0.15) is 22.5 Å². The summed E-state index contributed by atoms with van der Waals surface area (Å²) in [7, 11) is 3.34. The molecule has 0 amide bonds. The molecule has 1 aliphatic rings. The van der Waals surface area contributed by atoms with Crippen LogP contribution in [0.2, 0.25) is 0 Å². The van der Waals surface area contributed by atoms with Gasteiger partial charge in [-0.05, 0) is 71.8 Å². The first kappa shape index (κ1) is 33.0. The first-order valence-electron chi connectivity index (χ1n) is 15.6. The average molecular weight is 626 g/mol.